The lowest BCUT2D eigenvalue weighted by Crippen LogP contribution is -2.21. The van der Waals surface area contributed by atoms with E-state index in [-0.39, 0.29) is 6.54 Å². The maximum Gasteiger partial charge on any atom is 0.159 e. The van der Waals surface area contributed by atoms with Crippen molar-refractivity contribution in [3.63, 3.8) is 0 Å². The number of nitrogens with zero attached hydrogens (tertiary/aromatic N) is 1. The molecule has 2 aromatic carbocycles. The number of aliphatic hydroxyl groups excluding tert-OH is 1. The van der Waals surface area contributed by atoms with Crippen molar-refractivity contribution in [2.75, 3.05) is 6.54 Å². The molecule has 0 aromatic heterocycles. The van der Waals surface area contributed by atoms with E-state index in [1.54, 1.807) is 18.2 Å². The zero-order valence-corrected chi connectivity index (χ0v) is 11.2. The first-order valence-electron chi connectivity index (χ1n) is 6.43. The van der Waals surface area contributed by atoms with Gasteiger partial charge in [0.15, 0.2) is 11.6 Å². The van der Waals surface area contributed by atoms with Crippen molar-refractivity contribution in [1.29, 1.82) is 5.26 Å². The highest BCUT2D eigenvalue weighted by atomic mass is 19.2. The topological polar surface area (TPSA) is 56.0 Å². The third-order valence-electron chi connectivity index (χ3n) is 3.05. The standard InChI is InChI=1S/C16H14F2N2O/c17-14-5-4-13(7-15(14)18)16(21)10-20-9-12-3-1-2-11(6-12)8-19/h1-7,16,20-21H,9-10H2/t16-/m1/s1. The zero-order valence-electron chi connectivity index (χ0n) is 11.2. The highest BCUT2D eigenvalue weighted by molar-refractivity contribution is 5.32. The summed E-state index contributed by atoms with van der Waals surface area (Å²) in [5.41, 5.74) is 1.79. The summed E-state index contributed by atoms with van der Waals surface area (Å²) in [6.45, 7) is 0.665. The van der Waals surface area contributed by atoms with Gasteiger partial charge in [-0.15, -0.1) is 0 Å². The number of aliphatic hydroxyl groups is 1. The molecule has 3 nitrogen and oxygen atoms in total. The van der Waals surface area contributed by atoms with E-state index in [0.717, 1.165) is 17.7 Å². The molecule has 0 amide bonds. The minimum absolute atomic E-state index is 0.196. The second kappa shape index (κ2) is 6.93. The first-order valence-corrected chi connectivity index (χ1v) is 6.43. The fraction of sp³-hybridized carbons (Fsp3) is 0.188. The molecule has 5 heteroatoms. The molecule has 0 heterocycles. The van der Waals surface area contributed by atoms with Crippen LogP contribution in [0.3, 0.4) is 0 Å². The Hall–Kier alpha value is -2.29. The van der Waals surface area contributed by atoms with E-state index in [2.05, 4.69) is 5.32 Å². The lowest BCUT2D eigenvalue weighted by Gasteiger charge is -2.12. The van der Waals surface area contributed by atoms with E-state index in [0.29, 0.717) is 17.7 Å². The largest absolute Gasteiger partial charge is 0.387 e. The molecule has 0 radical (unpaired) electrons. The van der Waals surface area contributed by atoms with Crippen molar-refractivity contribution in [3.8, 4) is 6.07 Å². The first-order chi connectivity index (χ1) is 10.1. The predicted molar refractivity (Wildman–Crippen MR) is 74.2 cm³/mol. The molecule has 0 fully saturated rings. The average molecular weight is 288 g/mol. The van der Waals surface area contributed by atoms with Gasteiger partial charge in [0, 0.05) is 13.1 Å². The van der Waals surface area contributed by atoms with Gasteiger partial charge in [0.2, 0.25) is 0 Å². The third-order valence-corrected chi connectivity index (χ3v) is 3.05. The number of hydrogen-bond donors (Lipinski definition) is 2. The fourth-order valence-electron chi connectivity index (χ4n) is 1.94. The summed E-state index contributed by atoms with van der Waals surface area (Å²) in [6, 6.07) is 12.5. The maximum atomic E-state index is 13.1. The van der Waals surface area contributed by atoms with Crippen molar-refractivity contribution in [2.24, 2.45) is 0 Å². The van der Waals surface area contributed by atoms with Crippen LogP contribution in [0, 0.1) is 23.0 Å². The Labute approximate surface area is 121 Å². The van der Waals surface area contributed by atoms with Gasteiger partial charge in [0.1, 0.15) is 0 Å². The van der Waals surface area contributed by atoms with Crippen molar-refractivity contribution >= 4 is 0 Å². The third kappa shape index (κ3) is 4.09. The SMILES string of the molecule is N#Cc1cccc(CNC[C@@H](O)c2ccc(F)c(F)c2)c1. The molecule has 0 aliphatic heterocycles. The van der Waals surface area contributed by atoms with Crippen molar-refractivity contribution in [2.45, 2.75) is 12.6 Å². The lowest BCUT2D eigenvalue weighted by atomic mass is 10.1. The van der Waals surface area contributed by atoms with Gasteiger partial charge in [-0.05, 0) is 35.4 Å². The number of benzene rings is 2. The zero-order chi connectivity index (χ0) is 15.2. The van der Waals surface area contributed by atoms with Crippen LogP contribution in [-0.2, 0) is 6.54 Å². The van der Waals surface area contributed by atoms with Gasteiger partial charge in [0.25, 0.3) is 0 Å². The van der Waals surface area contributed by atoms with Crippen LogP contribution in [0.5, 0.6) is 0 Å². The summed E-state index contributed by atoms with van der Waals surface area (Å²) in [5.74, 6) is -1.92. The molecule has 2 N–H and O–H groups in total. The van der Waals surface area contributed by atoms with Crippen LogP contribution in [0.25, 0.3) is 0 Å². The minimum Gasteiger partial charge on any atom is -0.387 e. The normalized spacial score (nSPS) is 11.9. The van der Waals surface area contributed by atoms with Gasteiger partial charge in [-0.2, -0.15) is 5.26 Å². The molecule has 0 saturated carbocycles. The minimum atomic E-state index is -0.978. The Morgan fingerprint density at radius 2 is 1.95 bits per heavy atom. The highest BCUT2D eigenvalue weighted by Gasteiger charge is 2.10. The van der Waals surface area contributed by atoms with Crippen LogP contribution in [0.1, 0.15) is 22.8 Å². The number of halogens is 2. The van der Waals surface area contributed by atoms with Gasteiger partial charge in [-0.25, -0.2) is 8.78 Å². The molecule has 108 valence electrons. The molecule has 0 spiro atoms. The summed E-state index contributed by atoms with van der Waals surface area (Å²) in [6.07, 6.45) is -0.931. The van der Waals surface area contributed by atoms with E-state index < -0.39 is 17.7 Å². The van der Waals surface area contributed by atoms with Crippen LogP contribution in [0.4, 0.5) is 8.78 Å². The van der Waals surface area contributed by atoms with E-state index >= 15 is 0 Å². The van der Waals surface area contributed by atoms with Gasteiger partial charge >= 0.3 is 0 Å². The summed E-state index contributed by atoms with van der Waals surface area (Å²) >= 11 is 0. The molecule has 0 saturated heterocycles. The lowest BCUT2D eigenvalue weighted by molar-refractivity contribution is 0.173. The smallest absolute Gasteiger partial charge is 0.159 e. The Morgan fingerprint density at radius 3 is 2.67 bits per heavy atom. The summed E-state index contributed by atoms with van der Waals surface area (Å²) in [5, 5.41) is 21.7. The average Bonchev–Trinajstić information content (AvgIpc) is 2.50. The van der Waals surface area contributed by atoms with Crippen LogP contribution >= 0.6 is 0 Å². The maximum absolute atomic E-state index is 13.1. The second-order valence-corrected chi connectivity index (χ2v) is 4.63. The quantitative estimate of drug-likeness (QED) is 0.889. The Bertz CT molecular complexity index is 668. The van der Waals surface area contributed by atoms with Crippen LogP contribution < -0.4 is 5.32 Å². The van der Waals surface area contributed by atoms with Gasteiger partial charge in [-0.1, -0.05) is 18.2 Å². The van der Waals surface area contributed by atoms with E-state index in [1.807, 2.05) is 12.1 Å². The molecule has 1 atom stereocenters. The Kier molecular flexibility index (Phi) is 4.99. The van der Waals surface area contributed by atoms with Crippen molar-refractivity contribution < 1.29 is 13.9 Å². The van der Waals surface area contributed by atoms with Gasteiger partial charge in [0.05, 0.1) is 17.7 Å². The number of hydrogen-bond acceptors (Lipinski definition) is 3. The van der Waals surface area contributed by atoms with Crippen LogP contribution in [0.2, 0.25) is 0 Å². The molecule has 0 bridgehead atoms. The summed E-state index contributed by atoms with van der Waals surface area (Å²) in [7, 11) is 0. The predicted octanol–water partition coefficient (Wildman–Crippen LogP) is 2.66. The first kappa shape index (κ1) is 15.1. The molecule has 21 heavy (non-hydrogen) atoms. The van der Waals surface area contributed by atoms with E-state index in [4.69, 9.17) is 5.26 Å². The summed E-state index contributed by atoms with van der Waals surface area (Å²) in [4.78, 5) is 0. The van der Waals surface area contributed by atoms with E-state index in [1.165, 1.54) is 6.07 Å². The van der Waals surface area contributed by atoms with Gasteiger partial charge in [-0.3, -0.25) is 0 Å². The van der Waals surface area contributed by atoms with Crippen LogP contribution in [0.15, 0.2) is 42.5 Å². The molecular formula is C16H14F2N2O. The highest BCUT2D eigenvalue weighted by Crippen LogP contribution is 2.15. The Morgan fingerprint density at radius 1 is 1.14 bits per heavy atom. The molecular weight excluding hydrogens is 274 g/mol. The number of nitrogens with one attached hydrogen (secondary N) is 1. The molecule has 0 aliphatic carbocycles. The van der Waals surface area contributed by atoms with Crippen molar-refractivity contribution in [3.05, 3.63) is 70.8 Å². The monoisotopic (exact) mass is 288 g/mol. The van der Waals surface area contributed by atoms with Crippen molar-refractivity contribution in [1.82, 2.24) is 5.32 Å². The molecule has 0 aliphatic rings. The number of nitriles is 1. The second-order valence-electron chi connectivity index (χ2n) is 4.63. The Balaban J connectivity index is 1.90. The number of rotatable bonds is 5. The fourth-order valence-corrected chi connectivity index (χ4v) is 1.94. The molecule has 2 aromatic rings. The van der Waals surface area contributed by atoms with Gasteiger partial charge < -0.3 is 10.4 Å². The van der Waals surface area contributed by atoms with E-state index in [9.17, 15) is 13.9 Å². The summed E-state index contributed by atoms with van der Waals surface area (Å²) < 4.78 is 25.9. The molecule has 2 rings (SSSR count). The molecule has 0 unspecified atom stereocenters. The van der Waals surface area contributed by atoms with Crippen LogP contribution in [-0.4, -0.2) is 11.7 Å².